The van der Waals surface area contributed by atoms with Crippen LogP contribution in [0.4, 0.5) is 0 Å². The van der Waals surface area contributed by atoms with Crippen LogP contribution in [-0.4, -0.2) is 17.9 Å². The highest BCUT2D eigenvalue weighted by Crippen LogP contribution is 2.33. The largest absolute Gasteiger partial charge is 0.508 e. The first kappa shape index (κ1) is 10.0. The Kier molecular flexibility index (Phi) is 2.39. The van der Waals surface area contributed by atoms with Crippen LogP contribution in [-0.2, 0) is 11.3 Å². The molecule has 1 aromatic rings. The zero-order valence-corrected chi connectivity index (χ0v) is 9.24. The Morgan fingerprint density at radius 3 is 2.87 bits per heavy atom. The summed E-state index contributed by atoms with van der Waals surface area (Å²) in [6.45, 7) is 4.06. The van der Waals surface area contributed by atoms with Crippen LogP contribution in [0, 0.1) is 12.8 Å². The molecule has 1 N–H and O–H groups in total. The molecule has 0 radical (unpaired) electrons. The summed E-state index contributed by atoms with van der Waals surface area (Å²) in [5.41, 5.74) is 4.24. The summed E-state index contributed by atoms with van der Waals surface area (Å²) >= 11 is 0. The molecule has 0 amide bonds. The van der Waals surface area contributed by atoms with E-state index in [-0.39, 0.29) is 0 Å². The molecule has 0 saturated carbocycles. The minimum Gasteiger partial charge on any atom is -0.508 e. The van der Waals surface area contributed by atoms with E-state index in [0.29, 0.717) is 11.7 Å². The van der Waals surface area contributed by atoms with E-state index in [4.69, 9.17) is 4.84 Å². The lowest BCUT2D eigenvalue weighted by Gasteiger charge is -2.05. The van der Waals surface area contributed by atoms with Gasteiger partial charge >= 0.3 is 0 Å². The summed E-state index contributed by atoms with van der Waals surface area (Å²) in [6, 6.07) is 3.64. The Labute approximate surface area is 89.4 Å². The molecule has 15 heavy (non-hydrogen) atoms. The highest BCUT2D eigenvalue weighted by Gasteiger charge is 2.27. The van der Waals surface area contributed by atoms with Crippen molar-refractivity contribution in [2.75, 3.05) is 7.11 Å². The van der Waals surface area contributed by atoms with Gasteiger partial charge in [-0.15, -0.1) is 0 Å². The molecule has 2 rings (SSSR count). The summed E-state index contributed by atoms with van der Waals surface area (Å²) in [7, 11) is 1.56. The number of rotatable bonds is 1. The Hall–Kier alpha value is -1.51. The zero-order valence-electron chi connectivity index (χ0n) is 9.24. The fourth-order valence-electron chi connectivity index (χ4n) is 2.15. The standard InChI is InChI=1S/C12H15NO2/c1-7-6-10-8(2)11(14)5-4-9(10)12(7)13-15-3/h4-5,7,14H,6H2,1-3H3. The molecule has 0 saturated heterocycles. The molecule has 0 spiro atoms. The maximum Gasteiger partial charge on any atom is 0.118 e. The lowest BCUT2D eigenvalue weighted by Crippen LogP contribution is -2.05. The van der Waals surface area contributed by atoms with Gasteiger partial charge in [-0.3, -0.25) is 0 Å². The molecule has 0 aromatic heterocycles. The van der Waals surface area contributed by atoms with Crippen LogP contribution in [0.1, 0.15) is 23.6 Å². The molecule has 0 heterocycles. The first-order chi connectivity index (χ1) is 7.15. The van der Waals surface area contributed by atoms with Crippen LogP contribution in [0.25, 0.3) is 0 Å². The summed E-state index contributed by atoms with van der Waals surface area (Å²) in [5.74, 6) is 0.722. The highest BCUT2D eigenvalue weighted by atomic mass is 16.6. The van der Waals surface area contributed by atoms with E-state index in [2.05, 4.69) is 12.1 Å². The quantitative estimate of drug-likeness (QED) is 0.714. The van der Waals surface area contributed by atoms with Crippen molar-refractivity contribution in [1.29, 1.82) is 0 Å². The zero-order chi connectivity index (χ0) is 11.0. The van der Waals surface area contributed by atoms with Crippen molar-refractivity contribution >= 4 is 5.71 Å². The van der Waals surface area contributed by atoms with E-state index >= 15 is 0 Å². The Bertz CT molecular complexity index is 424. The van der Waals surface area contributed by atoms with Crippen molar-refractivity contribution in [3.05, 3.63) is 28.8 Å². The van der Waals surface area contributed by atoms with E-state index in [1.807, 2.05) is 13.0 Å². The van der Waals surface area contributed by atoms with Crippen molar-refractivity contribution < 1.29 is 9.94 Å². The van der Waals surface area contributed by atoms with Crippen LogP contribution in [0.15, 0.2) is 17.3 Å². The summed E-state index contributed by atoms with van der Waals surface area (Å²) in [5, 5.41) is 13.7. The predicted molar refractivity (Wildman–Crippen MR) is 59.3 cm³/mol. The topological polar surface area (TPSA) is 41.8 Å². The highest BCUT2D eigenvalue weighted by molar-refractivity contribution is 6.06. The molecule has 3 heteroatoms. The summed E-state index contributed by atoms with van der Waals surface area (Å²) in [6.07, 6.45) is 0.928. The van der Waals surface area contributed by atoms with Crippen LogP contribution < -0.4 is 0 Å². The summed E-state index contributed by atoms with van der Waals surface area (Å²) < 4.78 is 0. The fourth-order valence-corrected chi connectivity index (χ4v) is 2.15. The van der Waals surface area contributed by atoms with E-state index in [1.54, 1.807) is 13.2 Å². The second kappa shape index (κ2) is 3.57. The normalized spacial score (nSPS) is 21.8. The van der Waals surface area contributed by atoms with E-state index in [9.17, 15) is 5.11 Å². The third kappa shape index (κ3) is 1.48. The number of phenolic OH excluding ortho intramolecular Hbond substituents is 1. The smallest absolute Gasteiger partial charge is 0.118 e. The first-order valence-electron chi connectivity index (χ1n) is 5.08. The molecule has 0 bridgehead atoms. The Morgan fingerprint density at radius 2 is 2.20 bits per heavy atom. The van der Waals surface area contributed by atoms with Gasteiger partial charge in [0.1, 0.15) is 12.9 Å². The van der Waals surface area contributed by atoms with Crippen LogP contribution in [0.5, 0.6) is 5.75 Å². The van der Waals surface area contributed by atoms with Gasteiger partial charge in [0, 0.05) is 11.5 Å². The second-order valence-corrected chi connectivity index (χ2v) is 4.00. The summed E-state index contributed by atoms with van der Waals surface area (Å²) in [4.78, 5) is 4.85. The van der Waals surface area contributed by atoms with Crippen molar-refractivity contribution in [2.24, 2.45) is 11.1 Å². The Morgan fingerprint density at radius 1 is 1.47 bits per heavy atom. The SMILES string of the molecule is CON=C1c2ccc(O)c(C)c2CC1C. The van der Waals surface area contributed by atoms with Gasteiger partial charge in [-0.05, 0) is 36.6 Å². The average molecular weight is 205 g/mol. The van der Waals surface area contributed by atoms with Gasteiger partial charge in [0.15, 0.2) is 0 Å². The average Bonchev–Trinajstić information content (AvgIpc) is 2.52. The number of aromatic hydroxyl groups is 1. The lowest BCUT2D eigenvalue weighted by atomic mass is 10.0. The molecule has 1 unspecified atom stereocenters. The number of fused-ring (bicyclic) bond motifs is 1. The fraction of sp³-hybridized carbons (Fsp3) is 0.417. The molecule has 1 aliphatic carbocycles. The van der Waals surface area contributed by atoms with Crippen molar-refractivity contribution in [3.8, 4) is 5.75 Å². The third-order valence-electron chi connectivity index (χ3n) is 3.01. The minimum absolute atomic E-state index is 0.361. The Balaban J connectivity index is 2.57. The van der Waals surface area contributed by atoms with Gasteiger partial charge in [0.25, 0.3) is 0 Å². The van der Waals surface area contributed by atoms with Crippen molar-refractivity contribution in [3.63, 3.8) is 0 Å². The second-order valence-electron chi connectivity index (χ2n) is 4.00. The van der Waals surface area contributed by atoms with Gasteiger partial charge in [-0.25, -0.2) is 0 Å². The monoisotopic (exact) mass is 205 g/mol. The molecule has 0 aliphatic heterocycles. The van der Waals surface area contributed by atoms with Crippen LogP contribution >= 0.6 is 0 Å². The lowest BCUT2D eigenvalue weighted by molar-refractivity contribution is 0.212. The molecule has 80 valence electrons. The maximum absolute atomic E-state index is 9.61. The van der Waals surface area contributed by atoms with Crippen molar-refractivity contribution in [1.82, 2.24) is 0 Å². The molecule has 1 atom stereocenters. The van der Waals surface area contributed by atoms with Crippen LogP contribution in [0.3, 0.4) is 0 Å². The molecule has 1 aromatic carbocycles. The number of oxime groups is 1. The molecule has 1 aliphatic rings. The third-order valence-corrected chi connectivity index (χ3v) is 3.01. The number of hydrogen-bond acceptors (Lipinski definition) is 3. The van der Waals surface area contributed by atoms with Gasteiger partial charge < -0.3 is 9.94 Å². The molecule has 0 fully saturated rings. The van der Waals surface area contributed by atoms with Crippen molar-refractivity contribution in [2.45, 2.75) is 20.3 Å². The number of benzene rings is 1. The minimum atomic E-state index is 0.361. The van der Waals surface area contributed by atoms with E-state index in [0.717, 1.165) is 23.3 Å². The number of hydrogen-bond donors (Lipinski definition) is 1. The predicted octanol–water partition coefficient (Wildman–Crippen LogP) is 2.24. The van der Waals surface area contributed by atoms with E-state index in [1.165, 1.54) is 5.56 Å². The van der Waals surface area contributed by atoms with Gasteiger partial charge in [0.05, 0.1) is 5.71 Å². The first-order valence-corrected chi connectivity index (χ1v) is 5.08. The van der Waals surface area contributed by atoms with Gasteiger partial charge in [0.2, 0.25) is 0 Å². The molecular weight excluding hydrogens is 190 g/mol. The molecular formula is C12H15NO2. The van der Waals surface area contributed by atoms with Crippen LogP contribution in [0.2, 0.25) is 0 Å². The molecule has 3 nitrogen and oxygen atoms in total. The van der Waals surface area contributed by atoms with Gasteiger partial charge in [-0.2, -0.15) is 0 Å². The van der Waals surface area contributed by atoms with E-state index < -0.39 is 0 Å². The van der Waals surface area contributed by atoms with Gasteiger partial charge in [-0.1, -0.05) is 12.1 Å². The number of phenols is 1. The number of nitrogens with zero attached hydrogens (tertiary/aromatic N) is 1. The maximum atomic E-state index is 9.61.